The summed E-state index contributed by atoms with van der Waals surface area (Å²) in [5.74, 6) is 0.153. The molecule has 4 rings (SSSR count). The summed E-state index contributed by atoms with van der Waals surface area (Å²) in [7, 11) is -4.07. The average Bonchev–Trinajstić information content (AvgIpc) is 2.90. The highest BCUT2D eigenvalue weighted by Crippen LogP contribution is 2.26. The number of nitrogens with zero attached hydrogens (tertiary/aromatic N) is 2. The second-order valence-corrected chi connectivity index (χ2v) is 11.7. The van der Waals surface area contributed by atoms with Crippen LogP contribution in [0.3, 0.4) is 0 Å². The normalized spacial score (nSPS) is 14.4. The fourth-order valence-corrected chi connectivity index (χ4v) is 6.02. The van der Waals surface area contributed by atoms with E-state index in [2.05, 4.69) is 14.5 Å². The minimum Gasteiger partial charge on any atom is -0.494 e. The number of nitrogens with one attached hydrogen (secondary N) is 1. The van der Waals surface area contributed by atoms with Gasteiger partial charge in [-0.2, -0.15) is 0 Å². The lowest BCUT2D eigenvalue weighted by Gasteiger charge is -2.36. The first kappa shape index (κ1) is 28.2. The number of halogens is 2. The Morgan fingerprint density at radius 1 is 0.947 bits per heavy atom. The number of hydrogen-bond donors (Lipinski definition) is 1. The molecule has 0 aromatic heterocycles. The summed E-state index contributed by atoms with van der Waals surface area (Å²) in [5.41, 5.74) is 3.29. The van der Waals surface area contributed by atoms with Gasteiger partial charge in [0.15, 0.2) is 0 Å². The van der Waals surface area contributed by atoms with Gasteiger partial charge in [0, 0.05) is 49.0 Å². The Balaban J connectivity index is 1.23. The molecule has 3 aromatic rings. The van der Waals surface area contributed by atoms with Gasteiger partial charge in [-0.05, 0) is 79.9 Å². The molecule has 1 aliphatic heterocycles. The lowest BCUT2D eigenvalue weighted by molar-refractivity contribution is 0.0981. The molecule has 1 fully saturated rings. The highest BCUT2D eigenvalue weighted by atomic mass is 35.5. The van der Waals surface area contributed by atoms with Crippen molar-refractivity contribution in [1.29, 1.82) is 0 Å². The molecule has 0 radical (unpaired) electrons. The Labute approximate surface area is 234 Å². The second kappa shape index (κ2) is 12.4. The standard InChI is InChI=1S/C28H31Cl2N3O4S/c1-20-18-24(19-21(2)27(20)30)37-17-5-12-32-13-15-33(16-14-32)23-10-8-22(9-11-23)28(34)31-38(35,36)26-7-4-3-6-25(26)29/h3-4,6-11,18-19H,5,12-17H2,1-2H3,(H,31,34). The van der Waals surface area contributed by atoms with E-state index in [0.29, 0.717) is 6.61 Å². The van der Waals surface area contributed by atoms with Crippen LogP contribution in [0.5, 0.6) is 5.75 Å². The number of sulfonamides is 1. The van der Waals surface area contributed by atoms with Crippen LogP contribution in [0, 0.1) is 13.8 Å². The molecule has 0 atom stereocenters. The number of carbonyl (C=O) groups excluding carboxylic acids is 1. The molecule has 1 N–H and O–H groups in total. The molecule has 1 heterocycles. The Bertz CT molecular complexity index is 1370. The van der Waals surface area contributed by atoms with Crippen LogP contribution in [-0.4, -0.2) is 58.6 Å². The van der Waals surface area contributed by atoms with E-state index in [1.54, 1.807) is 24.3 Å². The first-order valence-electron chi connectivity index (χ1n) is 12.4. The Hall–Kier alpha value is -2.78. The molecule has 0 bridgehead atoms. The summed E-state index contributed by atoms with van der Waals surface area (Å²) in [6.07, 6.45) is 0.932. The van der Waals surface area contributed by atoms with Crippen molar-refractivity contribution >= 4 is 44.8 Å². The van der Waals surface area contributed by atoms with E-state index < -0.39 is 15.9 Å². The summed E-state index contributed by atoms with van der Waals surface area (Å²) in [6, 6.07) is 16.9. The summed E-state index contributed by atoms with van der Waals surface area (Å²) in [6.45, 7) is 9.16. The highest BCUT2D eigenvalue weighted by molar-refractivity contribution is 7.90. The van der Waals surface area contributed by atoms with Gasteiger partial charge in [-0.3, -0.25) is 9.69 Å². The van der Waals surface area contributed by atoms with Crippen LogP contribution >= 0.6 is 23.2 Å². The molecule has 7 nitrogen and oxygen atoms in total. The van der Waals surface area contributed by atoms with Crippen LogP contribution in [-0.2, 0) is 10.0 Å². The van der Waals surface area contributed by atoms with Crippen LogP contribution in [0.1, 0.15) is 27.9 Å². The van der Waals surface area contributed by atoms with Crippen molar-refractivity contribution in [3.8, 4) is 5.75 Å². The Morgan fingerprint density at radius 3 is 2.21 bits per heavy atom. The number of benzene rings is 3. The monoisotopic (exact) mass is 575 g/mol. The predicted octanol–water partition coefficient (Wildman–Crippen LogP) is 5.32. The molecule has 3 aromatic carbocycles. The van der Waals surface area contributed by atoms with E-state index >= 15 is 0 Å². The van der Waals surface area contributed by atoms with Crippen LogP contribution in [0.15, 0.2) is 65.6 Å². The molecule has 202 valence electrons. The van der Waals surface area contributed by atoms with E-state index in [0.717, 1.165) is 66.7 Å². The fraction of sp³-hybridized carbons (Fsp3) is 0.321. The third kappa shape index (κ3) is 6.99. The van der Waals surface area contributed by atoms with Gasteiger partial charge in [0.2, 0.25) is 0 Å². The smallest absolute Gasteiger partial charge is 0.265 e. The molecule has 0 saturated carbocycles. The zero-order chi connectivity index (χ0) is 27.3. The van der Waals surface area contributed by atoms with Crippen molar-refractivity contribution in [2.24, 2.45) is 0 Å². The fourth-order valence-electron chi connectivity index (χ4n) is 4.42. The molecule has 0 aliphatic carbocycles. The maximum atomic E-state index is 12.6. The van der Waals surface area contributed by atoms with Gasteiger partial charge < -0.3 is 9.64 Å². The minimum absolute atomic E-state index is 0.0570. The van der Waals surface area contributed by atoms with Crippen LogP contribution in [0.2, 0.25) is 10.0 Å². The number of carbonyl (C=O) groups is 1. The van der Waals surface area contributed by atoms with Crippen LogP contribution in [0.4, 0.5) is 5.69 Å². The van der Waals surface area contributed by atoms with Crippen molar-refractivity contribution in [3.05, 3.63) is 87.4 Å². The summed E-state index contributed by atoms with van der Waals surface area (Å²) >= 11 is 12.2. The summed E-state index contributed by atoms with van der Waals surface area (Å²) < 4.78 is 33.1. The van der Waals surface area contributed by atoms with Gasteiger partial charge >= 0.3 is 0 Å². The van der Waals surface area contributed by atoms with Gasteiger partial charge in [0.1, 0.15) is 10.6 Å². The van der Waals surface area contributed by atoms with Crippen molar-refractivity contribution in [1.82, 2.24) is 9.62 Å². The summed E-state index contributed by atoms with van der Waals surface area (Å²) in [4.78, 5) is 17.1. The molecule has 0 spiro atoms. The molecule has 1 saturated heterocycles. The van der Waals surface area contributed by atoms with Crippen LogP contribution in [0.25, 0.3) is 0 Å². The first-order valence-corrected chi connectivity index (χ1v) is 14.7. The number of aryl methyl sites for hydroxylation is 2. The highest BCUT2D eigenvalue weighted by Gasteiger charge is 2.22. The van der Waals surface area contributed by atoms with Crippen molar-refractivity contribution in [2.75, 3.05) is 44.2 Å². The summed E-state index contributed by atoms with van der Waals surface area (Å²) in [5, 5.41) is 0.844. The molecule has 1 amide bonds. The van der Waals surface area contributed by atoms with E-state index in [-0.39, 0.29) is 15.5 Å². The number of anilines is 1. The van der Waals surface area contributed by atoms with E-state index in [1.165, 1.54) is 12.1 Å². The first-order chi connectivity index (χ1) is 18.1. The van der Waals surface area contributed by atoms with E-state index in [1.807, 2.05) is 38.1 Å². The maximum absolute atomic E-state index is 12.6. The van der Waals surface area contributed by atoms with Gasteiger partial charge in [-0.1, -0.05) is 35.3 Å². The van der Waals surface area contributed by atoms with Crippen molar-refractivity contribution in [3.63, 3.8) is 0 Å². The third-order valence-electron chi connectivity index (χ3n) is 6.52. The lowest BCUT2D eigenvalue weighted by atomic mass is 10.1. The van der Waals surface area contributed by atoms with Crippen molar-refractivity contribution in [2.45, 2.75) is 25.2 Å². The van der Waals surface area contributed by atoms with Crippen molar-refractivity contribution < 1.29 is 17.9 Å². The molecular weight excluding hydrogens is 545 g/mol. The number of amides is 1. The maximum Gasteiger partial charge on any atom is 0.265 e. The topological polar surface area (TPSA) is 79.0 Å². The quantitative estimate of drug-likeness (QED) is 0.348. The van der Waals surface area contributed by atoms with Gasteiger partial charge in [0.25, 0.3) is 15.9 Å². The SMILES string of the molecule is Cc1cc(OCCCN2CCN(c3ccc(C(=O)NS(=O)(=O)c4ccccc4Cl)cc3)CC2)cc(C)c1Cl. The molecule has 0 unspecified atom stereocenters. The minimum atomic E-state index is -4.07. The number of hydrogen-bond acceptors (Lipinski definition) is 6. The zero-order valence-corrected chi connectivity index (χ0v) is 23.7. The van der Waals surface area contributed by atoms with Crippen LogP contribution < -0.4 is 14.4 Å². The Kier molecular flexibility index (Phi) is 9.20. The number of ether oxygens (including phenoxy) is 1. The largest absolute Gasteiger partial charge is 0.494 e. The second-order valence-electron chi connectivity index (χ2n) is 9.31. The average molecular weight is 577 g/mol. The van der Waals surface area contributed by atoms with Gasteiger partial charge in [-0.15, -0.1) is 0 Å². The zero-order valence-electron chi connectivity index (χ0n) is 21.4. The van der Waals surface area contributed by atoms with E-state index in [9.17, 15) is 13.2 Å². The third-order valence-corrected chi connectivity index (χ3v) is 8.94. The number of piperazine rings is 1. The van der Waals surface area contributed by atoms with E-state index in [4.69, 9.17) is 27.9 Å². The Morgan fingerprint density at radius 2 is 1.58 bits per heavy atom. The molecule has 38 heavy (non-hydrogen) atoms. The molecule has 10 heteroatoms. The lowest BCUT2D eigenvalue weighted by Crippen LogP contribution is -2.46. The molecule has 1 aliphatic rings. The van der Waals surface area contributed by atoms with Gasteiger partial charge in [0.05, 0.1) is 11.6 Å². The number of rotatable bonds is 9. The predicted molar refractivity (Wildman–Crippen MR) is 152 cm³/mol. The van der Waals surface area contributed by atoms with Gasteiger partial charge in [-0.25, -0.2) is 13.1 Å². The molecular formula is C28H31Cl2N3O4S.